The van der Waals surface area contributed by atoms with Gasteiger partial charge >= 0.3 is 0 Å². The molecule has 1 aliphatic heterocycles. The van der Waals surface area contributed by atoms with Crippen LogP contribution in [0.5, 0.6) is 5.75 Å². The third-order valence-electron chi connectivity index (χ3n) is 3.78. The summed E-state index contributed by atoms with van der Waals surface area (Å²) in [6, 6.07) is 9.92. The highest BCUT2D eigenvalue weighted by atomic mass is 79.9. The van der Waals surface area contributed by atoms with Crippen molar-refractivity contribution in [3.63, 3.8) is 0 Å². The van der Waals surface area contributed by atoms with Gasteiger partial charge in [0, 0.05) is 29.7 Å². The van der Waals surface area contributed by atoms with Crippen molar-refractivity contribution in [2.24, 2.45) is 0 Å². The Hall–Kier alpha value is -1.10. The van der Waals surface area contributed by atoms with E-state index in [1.807, 2.05) is 12.1 Å². The van der Waals surface area contributed by atoms with Gasteiger partial charge in [-0.25, -0.2) is 0 Å². The Morgan fingerprint density at radius 2 is 2.20 bits per heavy atom. The monoisotopic (exact) mass is 335 g/mol. The van der Waals surface area contributed by atoms with Crippen molar-refractivity contribution in [1.82, 2.24) is 4.90 Å². The molecule has 1 heterocycles. The first-order valence-corrected chi connectivity index (χ1v) is 7.67. The Morgan fingerprint density at radius 3 is 3.00 bits per heavy atom. The maximum Gasteiger partial charge on any atom is 0.120 e. The van der Waals surface area contributed by atoms with E-state index in [1.165, 1.54) is 0 Å². The second-order valence-electron chi connectivity index (χ2n) is 5.35. The summed E-state index contributed by atoms with van der Waals surface area (Å²) in [6.45, 7) is 5.44. The quantitative estimate of drug-likeness (QED) is 0.911. The van der Waals surface area contributed by atoms with Crippen LogP contribution in [0.15, 0.2) is 34.8 Å². The van der Waals surface area contributed by atoms with Gasteiger partial charge in [0.25, 0.3) is 0 Å². The fourth-order valence-electron chi connectivity index (χ4n) is 2.78. The third-order valence-corrected chi connectivity index (χ3v) is 4.27. The van der Waals surface area contributed by atoms with Gasteiger partial charge in [0.1, 0.15) is 5.75 Å². The molecule has 0 radical (unpaired) electrons. The van der Waals surface area contributed by atoms with Crippen LogP contribution in [0.1, 0.15) is 12.5 Å². The lowest BCUT2D eigenvalue weighted by molar-refractivity contribution is -0.0212. The first kappa shape index (κ1) is 13.9. The van der Waals surface area contributed by atoms with E-state index in [-0.39, 0.29) is 6.10 Å². The first-order valence-electron chi connectivity index (χ1n) is 6.87. The summed E-state index contributed by atoms with van der Waals surface area (Å²) >= 11 is 3.49. The molecule has 0 unspecified atom stereocenters. The van der Waals surface area contributed by atoms with Gasteiger partial charge in [-0.2, -0.15) is 0 Å². The number of benzene rings is 2. The van der Waals surface area contributed by atoms with Crippen molar-refractivity contribution in [2.75, 3.05) is 19.7 Å². The van der Waals surface area contributed by atoms with Gasteiger partial charge in [0.2, 0.25) is 0 Å². The Labute approximate surface area is 127 Å². The predicted molar refractivity (Wildman–Crippen MR) is 84.0 cm³/mol. The lowest BCUT2D eigenvalue weighted by Crippen LogP contribution is -2.40. The number of fused-ring (bicyclic) bond motifs is 1. The lowest BCUT2D eigenvalue weighted by Gasteiger charge is -2.31. The van der Waals surface area contributed by atoms with Crippen LogP contribution >= 0.6 is 15.9 Å². The Kier molecular flexibility index (Phi) is 3.96. The van der Waals surface area contributed by atoms with Gasteiger partial charge in [-0.1, -0.05) is 28.1 Å². The molecule has 106 valence electrons. The van der Waals surface area contributed by atoms with Crippen LogP contribution < -0.4 is 0 Å². The molecular weight excluding hydrogens is 318 g/mol. The largest absolute Gasteiger partial charge is 0.508 e. The maximum atomic E-state index is 10.2. The molecule has 0 amide bonds. The number of aromatic hydroxyl groups is 1. The fraction of sp³-hybridized carbons (Fsp3) is 0.375. The summed E-state index contributed by atoms with van der Waals surface area (Å²) in [7, 11) is 0. The number of nitrogens with zero attached hydrogens (tertiary/aromatic N) is 1. The molecule has 0 aliphatic carbocycles. The van der Waals surface area contributed by atoms with Crippen LogP contribution in [0.2, 0.25) is 0 Å². The number of ether oxygens (including phenoxy) is 1. The molecule has 4 heteroatoms. The number of phenols is 1. The maximum absolute atomic E-state index is 10.2. The average Bonchev–Trinajstić information content (AvgIpc) is 2.42. The molecule has 1 N–H and O–H groups in total. The van der Waals surface area contributed by atoms with Crippen molar-refractivity contribution >= 4 is 26.7 Å². The van der Waals surface area contributed by atoms with E-state index in [0.717, 1.165) is 47.0 Å². The van der Waals surface area contributed by atoms with Gasteiger partial charge in [-0.15, -0.1) is 0 Å². The second kappa shape index (κ2) is 5.72. The van der Waals surface area contributed by atoms with E-state index >= 15 is 0 Å². The molecule has 20 heavy (non-hydrogen) atoms. The number of phenolic OH excluding ortho intramolecular Hbond substituents is 1. The van der Waals surface area contributed by atoms with E-state index in [4.69, 9.17) is 4.74 Å². The molecular formula is C16H18BrNO2. The summed E-state index contributed by atoms with van der Waals surface area (Å²) in [5.74, 6) is 0.374. The highest BCUT2D eigenvalue weighted by molar-refractivity contribution is 9.10. The zero-order chi connectivity index (χ0) is 14.1. The zero-order valence-electron chi connectivity index (χ0n) is 11.5. The summed E-state index contributed by atoms with van der Waals surface area (Å²) in [5, 5.41) is 12.5. The van der Waals surface area contributed by atoms with Gasteiger partial charge < -0.3 is 9.84 Å². The van der Waals surface area contributed by atoms with E-state index in [2.05, 4.69) is 39.9 Å². The van der Waals surface area contributed by atoms with Crippen LogP contribution in [-0.4, -0.2) is 35.8 Å². The molecule has 1 saturated heterocycles. The minimum absolute atomic E-state index is 0.259. The molecule has 0 aromatic heterocycles. The summed E-state index contributed by atoms with van der Waals surface area (Å²) in [5.41, 5.74) is 1.00. The Bertz CT molecular complexity index is 629. The van der Waals surface area contributed by atoms with Crippen LogP contribution in [0.25, 0.3) is 10.8 Å². The smallest absolute Gasteiger partial charge is 0.120 e. The normalized spacial score (nSPS) is 20.4. The van der Waals surface area contributed by atoms with E-state index in [0.29, 0.717) is 5.75 Å². The summed E-state index contributed by atoms with van der Waals surface area (Å²) in [6.07, 6.45) is 0.259. The molecule has 0 saturated carbocycles. The molecule has 2 aromatic rings. The van der Waals surface area contributed by atoms with Crippen LogP contribution in [-0.2, 0) is 11.3 Å². The number of hydrogen-bond donors (Lipinski definition) is 1. The average molecular weight is 336 g/mol. The van der Waals surface area contributed by atoms with Crippen molar-refractivity contribution in [1.29, 1.82) is 0 Å². The zero-order valence-corrected chi connectivity index (χ0v) is 13.1. The van der Waals surface area contributed by atoms with Crippen LogP contribution in [0.4, 0.5) is 0 Å². The predicted octanol–water partition coefficient (Wildman–Crippen LogP) is 3.53. The molecule has 0 bridgehead atoms. The van der Waals surface area contributed by atoms with Crippen molar-refractivity contribution < 1.29 is 9.84 Å². The molecule has 3 rings (SSSR count). The van der Waals surface area contributed by atoms with Gasteiger partial charge in [-0.05, 0) is 35.9 Å². The molecule has 3 nitrogen and oxygen atoms in total. The van der Waals surface area contributed by atoms with E-state index in [1.54, 1.807) is 6.07 Å². The fourth-order valence-corrected chi connectivity index (χ4v) is 3.16. The number of hydrogen-bond acceptors (Lipinski definition) is 3. The molecule has 1 atom stereocenters. The second-order valence-corrected chi connectivity index (χ2v) is 6.26. The van der Waals surface area contributed by atoms with Crippen molar-refractivity contribution in [3.8, 4) is 5.75 Å². The summed E-state index contributed by atoms with van der Waals surface area (Å²) in [4.78, 5) is 2.34. The number of rotatable bonds is 2. The SMILES string of the molecule is C[C@H]1CN(Cc2c(O)ccc3cc(Br)ccc23)CCO1. The van der Waals surface area contributed by atoms with Crippen LogP contribution in [0.3, 0.4) is 0 Å². The molecule has 0 spiro atoms. The Morgan fingerprint density at radius 1 is 1.35 bits per heavy atom. The van der Waals surface area contributed by atoms with E-state index in [9.17, 15) is 5.11 Å². The first-order chi connectivity index (χ1) is 9.63. The van der Waals surface area contributed by atoms with Crippen molar-refractivity contribution in [3.05, 3.63) is 40.4 Å². The highest BCUT2D eigenvalue weighted by Crippen LogP contribution is 2.30. The minimum Gasteiger partial charge on any atom is -0.508 e. The number of halogens is 1. The number of morpholine rings is 1. The van der Waals surface area contributed by atoms with Gasteiger partial charge in [0.15, 0.2) is 0 Å². The van der Waals surface area contributed by atoms with E-state index < -0.39 is 0 Å². The molecule has 1 fully saturated rings. The third kappa shape index (κ3) is 2.82. The minimum atomic E-state index is 0.259. The standard InChI is InChI=1S/C16H18BrNO2/c1-11-9-18(6-7-20-11)10-15-14-4-3-13(17)8-12(14)2-5-16(15)19/h2-5,8,11,19H,6-7,9-10H2,1H3/t11-/m0/s1. The van der Waals surface area contributed by atoms with Crippen LogP contribution in [0, 0.1) is 0 Å². The molecule has 1 aliphatic rings. The molecule has 2 aromatic carbocycles. The Balaban J connectivity index is 1.95. The van der Waals surface area contributed by atoms with Crippen molar-refractivity contribution in [2.45, 2.75) is 19.6 Å². The highest BCUT2D eigenvalue weighted by Gasteiger charge is 2.19. The lowest BCUT2D eigenvalue weighted by atomic mass is 10.0. The summed E-state index contributed by atoms with van der Waals surface area (Å²) < 4.78 is 6.63. The topological polar surface area (TPSA) is 32.7 Å². The van der Waals surface area contributed by atoms with Gasteiger partial charge in [0.05, 0.1) is 12.7 Å². The van der Waals surface area contributed by atoms with Gasteiger partial charge in [-0.3, -0.25) is 4.90 Å².